The average molecular weight is 1100 g/mol. The fourth-order valence-electron chi connectivity index (χ4n) is 10.7. The molecule has 0 aliphatic heterocycles. The van der Waals surface area contributed by atoms with Gasteiger partial charge in [-0.1, -0.05) is 233 Å². The van der Waals surface area contributed by atoms with Gasteiger partial charge in [0.2, 0.25) is 0 Å². The summed E-state index contributed by atoms with van der Waals surface area (Å²) in [6.45, 7) is 9.09. The molecular weight excluding hydrogens is 1050 g/mol. The van der Waals surface area contributed by atoms with Crippen LogP contribution in [0.4, 0.5) is 0 Å². The number of aromatic hydroxyl groups is 1. The molecule has 346 valence electrons. The van der Waals surface area contributed by atoms with Crippen LogP contribution in [0.2, 0.25) is 0 Å². The van der Waals surface area contributed by atoms with Crippen molar-refractivity contribution in [1.82, 2.24) is 14.5 Å². The first-order valence-electron chi connectivity index (χ1n) is 24.1. The topological polar surface area (TPSA) is 50.9 Å². The molecule has 2 heterocycles. The number of imidazole rings is 1. The van der Waals surface area contributed by atoms with E-state index in [1.54, 1.807) is 6.07 Å². The standard InChI is InChI=1S/C66H50N3O.Pt/c1-65(2)55-35-20-36-59(70)61(55)62-56(66(65,3)4)39-40-57(67-62)58-42-69(63-51(45-25-13-7-14-26-45)32-19-33-52(63)46-27-15-8-16-28-46)64(68-58)53-34-17-29-47-37-38-48(41-54(47)53)60-49(43-21-9-5-10-22-43)30-18-31-50(60)44-23-11-6-12-24-44;/h5-40,42,70H,1-4H3;/q-1;. The third-order valence-electron chi connectivity index (χ3n) is 15.0. The number of benzene rings is 9. The van der Waals surface area contributed by atoms with Gasteiger partial charge in [0.1, 0.15) is 17.3 Å². The molecule has 12 rings (SSSR count). The molecule has 0 bridgehead atoms. The van der Waals surface area contributed by atoms with E-state index < -0.39 is 0 Å². The van der Waals surface area contributed by atoms with Crippen molar-refractivity contribution in [3.8, 4) is 101 Å². The van der Waals surface area contributed by atoms with Crippen LogP contribution in [0.3, 0.4) is 0 Å². The molecule has 1 aliphatic carbocycles. The Morgan fingerprint density at radius 2 is 0.915 bits per heavy atom. The van der Waals surface area contributed by atoms with E-state index in [9.17, 15) is 5.11 Å². The van der Waals surface area contributed by atoms with Crippen molar-refractivity contribution in [2.75, 3.05) is 0 Å². The fourth-order valence-corrected chi connectivity index (χ4v) is 10.7. The summed E-state index contributed by atoms with van der Waals surface area (Å²) >= 11 is 0. The zero-order chi connectivity index (χ0) is 47.6. The molecule has 0 spiro atoms. The molecule has 1 N–H and O–H groups in total. The van der Waals surface area contributed by atoms with E-state index >= 15 is 0 Å². The number of hydrogen-bond donors (Lipinski definition) is 1. The summed E-state index contributed by atoms with van der Waals surface area (Å²) in [5, 5.41) is 13.6. The van der Waals surface area contributed by atoms with Gasteiger partial charge in [-0.2, -0.15) is 0 Å². The third kappa shape index (κ3) is 7.66. The summed E-state index contributed by atoms with van der Waals surface area (Å²) < 4.78 is 2.28. The van der Waals surface area contributed by atoms with Gasteiger partial charge in [0.05, 0.1) is 17.1 Å². The van der Waals surface area contributed by atoms with E-state index in [2.05, 4.69) is 251 Å². The van der Waals surface area contributed by atoms with Gasteiger partial charge in [0, 0.05) is 49.4 Å². The quantitative estimate of drug-likeness (QED) is 0.154. The number of pyridine rings is 1. The molecule has 0 saturated carbocycles. The normalized spacial score (nSPS) is 13.2. The Kier molecular flexibility index (Phi) is 11.6. The van der Waals surface area contributed by atoms with Crippen molar-refractivity contribution in [1.29, 1.82) is 0 Å². The van der Waals surface area contributed by atoms with Gasteiger partial charge in [-0.25, -0.2) is 9.97 Å². The second kappa shape index (κ2) is 18.1. The average Bonchev–Trinajstić information content (AvgIpc) is 3.85. The number of hydrogen-bond acceptors (Lipinski definition) is 3. The second-order valence-corrected chi connectivity index (χ2v) is 19.4. The molecule has 0 saturated heterocycles. The Hall–Kier alpha value is -7.91. The molecule has 11 aromatic rings. The minimum atomic E-state index is -0.283. The van der Waals surface area contributed by atoms with E-state index in [0.29, 0.717) is 5.69 Å². The number of rotatable bonds is 8. The monoisotopic (exact) mass is 1100 g/mol. The molecule has 5 heteroatoms. The molecule has 2 aromatic heterocycles. The minimum absolute atomic E-state index is 0. The maximum atomic E-state index is 11.6. The predicted octanol–water partition coefficient (Wildman–Crippen LogP) is 16.8. The first kappa shape index (κ1) is 45.5. The fraction of sp³-hybridized carbons (Fsp3) is 0.0909. The largest absolute Gasteiger partial charge is 0.507 e. The summed E-state index contributed by atoms with van der Waals surface area (Å²) in [7, 11) is 0. The van der Waals surface area contributed by atoms with Gasteiger partial charge < -0.3 is 9.67 Å². The molecule has 71 heavy (non-hydrogen) atoms. The van der Waals surface area contributed by atoms with Crippen molar-refractivity contribution in [3.63, 3.8) is 0 Å². The van der Waals surface area contributed by atoms with Gasteiger partial charge >= 0.3 is 0 Å². The number of para-hydroxylation sites is 1. The van der Waals surface area contributed by atoms with E-state index in [1.165, 1.54) is 0 Å². The smallest absolute Gasteiger partial charge is 0.125 e. The second-order valence-electron chi connectivity index (χ2n) is 19.4. The zero-order valence-corrected chi connectivity index (χ0v) is 42.2. The Bertz CT molecular complexity index is 3650. The van der Waals surface area contributed by atoms with Gasteiger partial charge in [-0.3, -0.25) is 0 Å². The van der Waals surface area contributed by atoms with Gasteiger partial charge in [0.15, 0.2) is 0 Å². The zero-order valence-electron chi connectivity index (χ0n) is 40.0. The van der Waals surface area contributed by atoms with Crippen molar-refractivity contribution in [2.45, 2.75) is 38.5 Å². The van der Waals surface area contributed by atoms with E-state index in [1.807, 2.05) is 6.07 Å². The van der Waals surface area contributed by atoms with Crippen LogP contribution in [-0.2, 0) is 31.9 Å². The SMILES string of the molecule is CC1(C)c2ccc(-c3cn(-c4c(-c5ccccc5)cccc4-c4ccccc4)c(-c4cccc5ccc(-c6c(-c7ccccc7)cccc6-c6ccccc6)[c-]c45)n3)nc2-c2c(O)cccc2C1(C)C.[Pt]. The molecular formula is C66H50N3OPt-. The maximum Gasteiger partial charge on any atom is 0.125 e. The summed E-state index contributed by atoms with van der Waals surface area (Å²) in [5.41, 5.74) is 17.6. The van der Waals surface area contributed by atoms with Crippen LogP contribution in [0.15, 0.2) is 225 Å². The molecule has 0 radical (unpaired) electrons. The Morgan fingerprint density at radius 3 is 1.49 bits per heavy atom. The molecule has 9 aromatic carbocycles. The molecule has 0 amide bonds. The molecule has 4 nitrogen and oxygen atoms in total. The van der Waals surface area contributed by atoms with Crippen LogP contribution in [0.1, 0.15) is 38.8 Å². The van der Waals surface area contributed by atoms with Crippen LogP contribution in [0.5, 0.6) is 5.75 Å². The first-order chi connectivity index (χ1) is 34.2. The van der Waals surface area contributed by atoms with Gasteiger partial charge in [-0.15, -0.1) is 29.1 Å². The van der Waals surface area contributed by atoms with E-state index in [0.717, 1.165) is 112 Å². The Morgan fingerprint density at radius 1 is 0.423 bits per heavy atom. The summed E-state index contributed by atoms with van der Waals surface area (Å²) in [6.07, 6.45) is 2.16. The summed E-state index contributed by atoms with van der Waals surface area (Å²) in [6, 6.07) is 80.8. The minimum Gasteiger partial charge on any atom is -0.507 e. The van der Waals surface area contributed by atoms with Gasteiger partial charge in [-0.05, 0) is 67.6 Å². The van der Waals surface area contributed by atoms with Gasteiger partial charge in [0.25, 0.3) is 0 Å². The predicted molar refractivity (Wildman–Crippen MR) is 289 cm³/mol. The molecule has 0 fully saturated rings. The first-order valence-corrected chi connectivity index (χ1v) is 24.1. The van der Waals surface area contributed by atoms with Crippen molar-refractivity contribution in [2.24, 2.45) is 0 Å². The molecule has 1 aliphatic rings. The number of phenols is 1. The molecule has 0 unspecified atom stereocenters. The van der Waals surface area contributed by atoms with Crippen LogP contribution in [0, 0.1) is 6.07 Å². The van der Waals surface area contributed by atoms with E-state index in [4.69, 9.17) is 9.97 Å². The number of fused-ring (bicyclic) bond motifs is 4. The maximum absolute atomic E-state index is 11.6. The summed E-state index contributed by atoms with van der Waals surface area (Å²) in [4.78, 5) is 11.2. The van der Waals surface area contributed by atoms with Crippen LogP contribution >= 0.6 is 0 Å². The van der Waals surface area contributed by atoms with Crippen molar-refractivity contribution in [3.05, 3.63) is 242 Å². The number of phenolic OH excluding ortho intramolecular Hbond substituents is 1. The number of nitrogens with zero attached hydrogens (tertiary/aromatic N) is 3. The van der Waals surface area contributed by atoms with Crippen molar-refractivity contribution < 1.29 is 26.2 Å². The molecule has 0 atom stereocenters. The van der Waals surface area contributed by atoms with Crippen LogP contribution in [-0.4, -0.2) is 19.6 Å². The Labute approximate surface area is 430 Å². The van der Waals surface area contributed by atoms with Crippen molar-refractivity contribution >= 4 is 10.8 Å². The summed E-state index contributed by atoms with van der Waals surface area (Å²) in [5.74, 6) is 0.993. The van der Waals surface area contributed by atoms with E-state index in [-0.39, 0.29) is 37.6 Å². The Balaban J connectivity index is 0.00000547. The van der Waals surface area contributed by atoms with Crippen LogP contribution in [0.25, 0.3) is 106 Å². The number of aromatic nitrogens is 3. The van der Waals surface area contributed by atoms with Crippen LogP contribution < -0.4 is 0 Å². The third-order valence-corrected chi connectivity index (χ3v) is 15.0.